The van der Waals surface area contributed by atoms with Crippen LogP contribution in [0.2, 0.25) is 0 Å². The molecule has 3 aromatic rings. The number of hydrogen-bond donors (Lipinski definition) is 1. The quantitative estimate of drug-likeness (QED) is 0.0505. The predicted molar refractivity (Wildman–Crippen MR) is 191 cm³/mol. The summed E-state index contributed by atoms with van der Waals surface area (Å²) in [6.07, 6.45) is 21.9. The maximum absolute atomic E-state index is 12.7. The minimum absolute atomic E-state index is 0.0776. The van der Waals surface area contributed by atoms with Gasteiger partial charge in [0.1, 0.15) is 18.2 Å². The Hall–Kier alpha value is -1.42. The van der Waals surface area contributed by atoms with E-state index >= 15 is 0 Å². The molecule has 0 saturated heterocycles. The van der Waals surface area contributed by atoms with Gasteiger partial charge >= 0.3 is 7.60 Å². The Morgan fingerprint density at radius 1 is 0.867 bits per heavy atom. The van der Waals surface area contributed by atoms with Crippen LogP contribution in [0.25, 0.3) is 11.2 Å². The molecule has 0 aliphatic rings. The number of aryl methyl sites for hydroxylation is 1. The van der Waals surface area contributed by atoms with Gasteiger partial charge in [-0.3, -0.25) is 4.57 Å². The van der Waals surface area contributed by atoms with E-state index in [4.69, 9.17) is 9.26 Å². The van der Waals surface area contributed by atoms with Crippen molar-refractivity contribution in [3.63, 3.8) is 0 Å². The molecular weight excluding hydrogens is 624 g/mol. The van der Waals surface area contributed by atoms with Crippen molar-refractivity contribution in [1.29, 1.82) is 0 Å². The number of benzene rings is 1. The third kappa shape index (κ3) is 15.4. The molecule has 0 fully saturated rings. The van der Waals surface area contributed by atoms with Crippen molar-refractivity contribution in [1.82, 2.24) is 19.5 Å². The summed E-state index contributed by atoms with van der Waals surface area (Å²) in [5.41, 5.74) is 4.33. The molecule has 252 valence electrons. The maximum Gasteiger partial charge on any atom is 0.353 e. The molecule has 3 rings (SSSR count). The summed E-state index contributed by atoms with van der Waals surface area (Å²) in [7, 11) is -0.167. The van der Waals surface area contributed by atoms with Gasteiger partial charge in [0.2, 0.25) is 0 Å². The van der Waals surface area contributed by atoms with Crippen LogP contribution in [0.4, 0.5) is 0 Å². The zero-order valence-electron chi connectivity index (χ0n) is 27.7. The van der Waals surface area contributed by atoms with Crippen molar-refractivity contribution in [3.8, 4) is 0 Å². The third-order valence-corrected chi connectivity index (χ3v) is 11.4. The van der Waals surface area contributed by atoms with E-state index in [1.165, 1.54) is 96.2 Å². The molecule has 1 N–H and O–H groups in total. The fraction of sp³-hybridized carbons (Fsp3) is 0.676. The summed E-state index contributed by atoms with van der Waals surface area (Å²) < 4.78 is 25.8. The molecule has 2 atom stereocenters. The molecule has 0 bridgehead atoms. The minimum atomic E-state index is -3.93. The summed E-state index contributed by atoms with van der Waals surface area (Å²) in [6.45, 7) is 6.54. The highest BCUT2D eigenvalue weighted by Crippen LogP contribution is 2.43. The number of hydrogen-bond acceptors (Lipinski definition) is 8. The Kier molecular flexibility index (Phi) is 18.8. The van der Waals surface area contributed by atoms with Gasteiger partial charge in [0.15, 0.2) is 5.65 Å². The van der Waals surface area contributed by atoms with Gasteiger partial charge in [0, 0.05) is 11.5 Å². The fourth-order valence-electron chi connectivity index (χ4n) is 5.25. The first-order valence-corrected chi connectivity index (χ1v) is 21.2. The van der Waals surface area contributed by atoms with Crippen molar-refractivity contribution in [2.75, 3.05) is 12.1 Å². The molecule has 0 spiro atoms. The summed E-state index contributed by atoms with van der Waals surface area (Å²) in [5, 5.41) is 0. The molecule has 45 heavy (non-hydrogen) atoms. The number of unbranched alkanes of at least 4 members (excludes halogenated alkanes) is 13. The molecule has 0 amide bonds. The van der Waals surface area contributed by atoms with Crippen LogP contribution in [0.1, 0.15) is 121 Å². The number of ether oxygens (including phenoxy) is 1. The van der Waals surface area contributed by atoms with Crippen molar-refractivity contribution in [3.05, 3.63) is 53.7 Å². The molecule has 0 aliphatic carbocycles. The highest BCUT2D eigenvalue weighted by atomic mass is 33.1. The van der Waals surface area contributed by atoms with Crippen molar-refractivity contribution < 1.29 is 18.7 Å². The van der Waals surface area contributed by atoms with E-state index in [0.29, 0.717) is 12.2 Å². The van der Waals surface area contributed by atoms with Crippen LogP contribution in [0.15, 0.2) is 36.9 Å². The molecule has 11 heteroatoms. The number of imidazole rings is 1. The zero-order chi connectivity index (χ0) is 32.2. The lowest BCUT2D eigenvalue weighted by molar-refractivity contribution is 0.0708. The number of aromatic nitrogens is 4. The Balaban J connectivity index is 1.23. The van der Waals surface area contributed by atoms with E-state index in [-0.39, 0.29) is 19.1 Å². The lowest BCUT2D eigenvalue weighted by Gasteiger charge is -2.18. The van der Waals surface area contributed by atoms with Gasteiger partial charge in [0.05, 0.1) is 31.3 Å². The minimum Gasteiger partial charge on any atom is -0.364 e. The lowest BCUT2D eigenvalue weighted by atomic mass is 10.0. The summed E-state index contributed by atoms with van der Waals surface area (Å²) in [4.78, 5) is 23.3. The Morgan fingerprint density at radius 2 is 1.49 bits per heavy atom. The second-order valence-corrected chi connectivity index (χ2v) is 16.4. The average molecular weight is 679 g/mol. The molecule has 0 aliphatic heterocycles. The number of fused-ring (bicyclic) bond motifs is 1. The second-order valence-electron chi connectivity index (χ2n) is 12.0. The molecule has 2 unspecified atom stereocenters. The van der Waals surface area contributed by atoms with E-state index in [9.17, 15) is 9.46 Å². The SMILES string of the molecule is CCCCCCCCCCCCCCCCSSCc1ccccc1COP(=O)(O)COC(C)Cn1cnc2c(C)ncnc21. The Bertz CT molecular complexity index is 1280. The smallest absolute Gasteiger partial charge is 0.353 e. The number of rotatable bonds is 26. The van der Waals surface area contributed by atoms with Crippen LogP contribution in [0, 0.1) is 6.92 Å². The maximum atomic E-state index is 12.7. The largest absolute Gasteiger partial charge is 0.364 e. The lowest BCUT2D eigenvalue weighted by Crippen LogP contribution is -2.17. The predicted octanol–water partition coefficient (Wildman–Crippen LogP) is 10.3. The standard InChI is InChI=1S/C34H55N4O4PS2/c1-4-5-6-7-8-9-10-11-12-13-14-15-16-19-22-44-45-25-32-21-18-17-20-31(32)24-42-43(39,40)28-41-29(2)23-38-27-37-33-30(3)35-26-36-34(33)38/h17-18,20-21,26-27,29H,4-16,19,22-25,28H2,1-3H3,(H,39,40). The van der Waals surface area contributed by atoms with E-state index in [1.54, 1.807) is 6.33 Å². The van der Waals surface area contributed by atoms with Crippen LogP contribution >= 0.6 is 29.2 Å². The van der Waals surface area contributed by atoms with Crippen LogP contribution < -0.4 is 0 Å². The highest BCUT2D eigenvalue weighted by molar-refractivity contribution is 8.76. The molecule has 0 saturated carbocycles. The second kappa shape index (κ2) is 22.2. The normalized spacial score (nSPS) is 13.8. The van der Waals surface area contributed by atoms with E-state index in [0.717, 1.165) is 33.8 Å². The molecular formula is C34H55N4O4PS2. The molecule has 8 nitrogen and oxygen atoms in total. The van der Waals surface area contributed by atoms with Crippen LogP contribution in [-0.2, 0) is 32.7 Å². The molecule has 1 aromatic carbocycles. The van der Waals surface area contributed by atoms with Gasteiger partial charge in [-0.05, 0) is 31.4 Å². The summed E-state index contributed by atoms with van der Waals surface area (Å²) in [5.74, 6) is 2.00. The van der Waals surface area contributed by atoms with E-state index in [2.05, 4.69) is 27.9 Å². The van der Waals surface area contributed by atoms with Gasteiger partial charge in [-0.1, -0.05) is 136 Å². The fourth-order valence-corrected chi connectivity index (χ4v) is 8.38. The topological polar surface area (TPSA) is 99.4 Å². The Morgan fingerprint density at radius 3 is 2.16 bits per heavy atom. The highest BCUT2D eigenvalue weighted by Gasteiger charge is 2.22. The molecule has 0 radical (unpaired) electrons. The van der Waals surface area contributed by atoms with Gasteiger partial charge < -0.3 is 18.7 Å². The first-order valence-electron chi connectivity index (χ1n) is 16.9. The van der Waals surface area contributed by atoms with Crippen molar-refractivity contribution in [2.24, 2.45) is 0 Å². The zero-order valence-corrected chi connectivity index (χ0v) is 30.2. The van der Waals surface area contributed by atoms with Gasteiger partial charge in [-0.15, -0.1) is 0 Å². The van der Waals surface area contributed by atoms with Gasteiger partial charge in [-0.2, -0.15) is 0 Å². The monoisotopic (exact) mass is 678 g/mol. The number of nitrogens with zero attached hydrogens (tertiary/aromatic N) is 4. The van der Waals surface area contributed by atoms with E-state index in [1.807, 2.05) is 58.2 Å². The first-order chi connectivity index (χ1) is 21.9. The summed E-state index contributed by atoms with van der Waals surface area (Å²) >= 11 is 0. The van der Waals surface area contributed by atoms with Crippen LogP contribution in [0.5, 0.6) is 0 Å². The van der Waals surface area contributed by atoms with Crippen molar-refractivity contribution in [2.45, 2.75) is 136 Å². The third-order valence-electron chi connectivity index (χ3n) is 7.98. The van der Waals surface area contributed by atoms with Crippen LogP contribution in [0.3, 0.4) is 0 Å². The van der Waals surface area contributed by atoms with Crippen LogP contribution in [-0.4, -0.2) is 42.6 Å². The van der Waals surface area contributed by atoms with Crippen molar-refractivity contribution >= 4 is 40.3 Å². The molecule has 2 heterocycles. The summed E-state index contributed by atoms with van der Waals surface area (Å²) in [6, 6.07) is 7.98. The van der Waals surface area contributed by atoms with Gasteiger partial charge in [0.25, 0.3) is 0 Å². The average Bonchev–Trinajstić information content (AvgIpc) is 3.45. The first kappa shape index (κ1) is 38.0. The van der Waals surface area contributed by atoms with Gasteiger partial charge in [-0.25, -0.2) is 15.0 Å². The molecule has 2 aromatic heterocycles. The Labute approximate surface area is 279 Å². The van der Waals surface area contributed by atoms with E-state index < -0.39 is 7.60 Å².